The van der Waals surface area contributed by atoms with Crippen molar-refractivity contribution in [3.8, 4) is 11.5 Å². The van der Waals surface area contributed by atoms with Crippen molar-refractivity contribution in [1.29, 1.82) is 0 Å². The van der Waals surface area contributed by atoms with E-state index in [2.05, 4.69) is 48.5 Å². The lowest BCUT2D eigenvalue weighted by atomic mass is 9.84. The first-order chi connectivity index (χ1) is 12.3. The van der Waals surface area contributed by atoms with E-state index in [4.69, 9.17) is 14.2 Å². The lowest BCUT2D eigenvalue weighted by Crippen LogP contribution is -2.44. The number of hydrogen-bond acceptors (Lipinski definition) is 4. The van der Waals surface area contributed by atoms with Gasteiger partial charge in [-0.05, 0) is 38.5 Å². The van der Waals surface area contributed by atoms with E-state index in [1.54, 1.807) is 7.11 Å². The molecule has 0 fully saturated rings. The van der Waals surface area contributed by atoms with Crippen LogP contribution in [0.25, 0.3) is 0 Å². The maximum atomic E-state index is 5.72. The van der Waals surface area contributed by atoms with Crippen LogP contribution in [0.1, 0.15) is 40.2 Å². The SMILES string of the molecule is CCNC(=NCC(C)(C)OC)NCC(C)(C)c1ccc2c(c1)OCCO2.I. The Bertz CT molecular complexity index is 633. The average molecular weight is 491 g/mol. The minimum atomic E-state index is -0.284. The van der Waals surface area contributed by atoms with Crippen molar-refractivity contribution in [3.05, 3.63) is 23.8 Å². The maximum absolute atomic E-state index is 5.72. The van der Waals surface area contributed by atoms with Crippen molar-refractivity contribution in [2.75, 3.05) is 40.0 Å². The Labute approximate surface area is 180 Å². The second-order valence-electron chi connectivity index (χ2n) is 7.75. The van der Waals surface area contributed by atoms with Crippen LogP contribution in [0.4, 0.5) is 0 Å². The minimum Gasteiger partial charge on any atom is -0.486 e. The molecule has 0 unspecified atom stereocenters. The van der Waals surface area contributed by atoms with Gasteiger partial charge in [0.25, 0.3) is 0 Å². The molecule has 0 saturated heterocycles. The quantitative estimate of drug-likeness (QED) is 0.348. The highest BCUT2D eigenvalue weighted by atomic mass is 127. The summed E-state index contributed by atoms with van der Waals surface area (Å²) >= 11 is 0. The van der Waals surface area contributed by atoms with E-state index in [0.717, 1.165) is 30.5 Å². The van der Waals surface area contributed by atoms with Gasteiger partial charge in [-0.25, -0.2) is 0 Å². The number of nitrogens with zero attached hydrogens (tertiary/aromatic N) is 1. The average Bonchev–Trinajstić information content (AvgIpc) is 2.63. The van der Waals surface area contributed by atoms with Crippen molar-refractivity contribution in [2.45, 2.75) is 45.6 Å². The van der Waals surface area contributed by atoms with E-state index >= 15 is 0 Å². The molecule has 154 valence electrons. The Morgan fingerprint density at radius 1 is 1.11 bits per heavy atom. The Balaban J connectivity index is 0.00000364. The Morgan fingerprint density at radius 3 is 2.41 bits per heavy atom. The van der Waals surface area contributed by atoms with E-state index in [9.17, 15) is 0 Å². The molecule has 27 heavy (non-hydrogen) atoms. The van der Waals surface area contributed by atoms with Crippen LogP contribution in [0, 0.1) is 0 Å². The topological polar surface area (TPSA) is 64.1 Å². The molecular weight excluding hydrogens is 457 g/mol. The Kier molecular flexibility index (Phi) is 9.14. The van der Waals surface area contributed by atoms with E-state index in [0.29, 0.717) is 19.8 Å². The van der Waals surface area contributed by atoms with Gasteiger partial charge in [0, 0.05) is 25.6 Å². The summed E-state index contributed by atoms with van der Waals surface area (Å²) in [6, 6.07) is 6.17. The number of rotatable bonds is 7. The third-order valence-corrected chi connectivity index (χ3v) is 4.54. The van der Waals surface area contributed by atoms with Gasteiger partial charge in [-0.3, -0.25) is 4.99 Å². The lowest BCUT2D eigenvalue weighted by molar-refractivity contribution is 0.0310. The fourth-order valence-corrected chi connectivity index (χ4v) is 2.55. The van der Waals surface area contributed by atoms with E-state index in [-0.39, 0.29) is 35.0 Å². The highest BCUT2D eigenvalue weighted by Gasteiger charge is 2.24. The third-order valence-electron chi connectivity index (χ3n) is 4.54. The summed E-state index contributed by atoms with van der Waals surface area (Å²) < 4.78 is 16.8. The van der Waals surface area contributed by atoms with Crippen LogP contribution in [0.3, 0.4) is 0 Å². The molecule has 1 aliphatic rings. The number of hydrogen-bond donors (Lipinski definition) is 2. The molecule has 0 bridgehead atoms. The maximum Gasteiger partial charge on any atom is 0.191 e. The number of guanidine groups is 1. The molecule has 2 rings (SSSR count). The summed E-state index contributed by atoms with van der Waals surface area (Å²) in [5.74, 6) is 2.44. The molecule has 1 aliphatic heterocycles. The highest BCUT2D eigenvalue weighted by Crippen LogP contribution is 2.34. The van der Waals surface area contributed by atoms with Crippen LogP contribution in [-0.2, 0) is 10.2 Å². The van der Waals surface area contributed by atoms with Gasteiger partial charge in [-0.2, -0.15) is 0 Å². The second kappa shape index (κ2) is 10.4. The normalized spacial score (nSPS) is 14.4. The molecule has 0 radical (unpaired) electrons. The molecule has 2 N–H and O–H groups in total. The summed E-state index contributed by atoms with van der Waals surface area (Å²) in [6.07, 6.45) is 0. The molecule has 1 heterocycles. The zero-order valence-corrected chi connectivity index (χ0v) is 19.7. The largest absolute Gasteiger partial charge is 0.486 e. The Hall–Kier alpha value is -1.22. The van der Waals surface area contributed by atoms with Crippen LogP contribution < -0.4 is 20.1 Å². The van der Waals surface area contributed by atoms with Crippen molar-refractivity contribution in [3.63, 3.8) is 0 Å². The summed E-state index contributed by atoms with van der Waals surface area (Å²) in [7, 11) is 1.71. The molecule has 7 heteroatoms. The minimum absolute atomic E-state index is 0. The second-order valence-corrected chi connectivity index (χ2v) is 7.75. The van der Waals surface area contributed by atoms with Gasteiger partial charge in [0.05, 0.1) is 12.1 Å². The number of nitrogens with one attached hydrogen (secondary N) is 2. The first-order valence-electron chi connectivity index (χ1n) is 9.25. The summed E-state index contributed by atoms with van der Waals surface area (Å²) in [5, 5.41) is 6.74. The molecule has 6 nitrogen and oxygen atoms in total. The molecule has 1 aromatic rings. The van der Waals surface area contributed by atoms with Gasteiger partial charge in [0.15, 0.2) is 17.5 Å². The molecule has 0 aliphatic carbocycles. The monoisotopic (exact) mass is 491 g/mol. The van der Waals surface area contributed by atoms with E-state index in [1.807, 2.05) is 19.9 Å². The van der Waals surface area contributed by atoms with Crippen molar-refractivity contribution >= 4 is 29.9 Å². The summed E-state index contributed by atoms with van der Waals surface area (Å²) in [6.45, 7) is 13.9. The number of aliphatic imine (C=N–C) groups is 1. The van der Waals surface area contributed by atoms with Crippen molar-refractivity contribution < 1.29 is 14.2 Å². The smallest absolute Gasteiger partial charge is 0.191 e. The van der Waals surface area contributed by atoms with Crippen LogP contribution >= 0.6 is 24.0 Å². The number of benzene rings is 1. The first-order valence-corrected chi connectivity index (χ1v) is 9.25. The molecular formula is C20H34IN3O3. The third kappa shape index (κ3) is 7.03. The van der Waals surface area contributed by atoms with E-state index in [1.165, 1.54) is 5.56 Å². The highest BCUT2D eigenvalue weighted by molar-refractivity contribution is 14.0. The van der Waals surface area contributed by atoms with Gasteiger partial charge in [0.2, 0.25) is 0 Å². The van der Waals surface area contributed by atoms with Crippen LogP contribution in [0.15, 0.2) is 23.2 Å². The van der Waals surface area contributed by atoms with Gasteiger partial charge in [0.1, 0.15) is 13.2 Å². The standard InChI is InChI=1S/C20H33N3O3.HI/c1-7-21-18(23-14-20(4,5)24-6)22-13-19(2,3)15-8-9-16-17(12-15)26-11-10-25-16;/h8-9,12H,7,10-11,13-14H2,1-6H3,(H2,21,22,23);1H. The van der Waals surface area contributed by atoms with Gasteiger partial charge in [-0.15, -0.1) is 24.0 Å². The molecule has 0 amide bonds. The van der Waals surface area contributed by atoms with Gasteiger partial charge < -0.3 is 24.8 Å². The van der Waals surface area contributed by atoms with Gasteiger partial charge >= 0.3 is 0 Å². The fourth-order valence-electron chi connectivity index (χ4n) is 2.55. The summed E-state index contributed by atoms with van der Waals surface area (Å²) in [5.41, 5.74) is 0.818. The van der Waals surface area contributed by atoms with Gasteiger partial charge in [-0.1, -0.05) is 19.9 Å². The van der Waals surface area contributed by atoms with Crippen LogP contribution in [0.2, 0.25) is 0 Å². The fraction of sp³-hybridized carbons (Fsp3) is 0.650. The summed E-state index contributed by atoms with van der Waals surface area (Å²) in [4.78, 5) is 4.65. The molecule has 1 aromatic carbocycles. The predicted octanol–water partition coefficient (Wildman–Crippen LogP) is 3.33. The van der Waals surface area contributed by atoms with E-state index < -0.39 is 0 Å². The van der Waals surface area contributed by atoms with Crippen molar-refractivity contribution in [1.82, 2.24) is 10.6 Å². The van der Waals surface area contributed by atoms with Crippen LogP contribution in [0.5, 0.6) is 11.5 Å². The van der Waals surface area contributed by atoms with Crippen LogP contribution in [-0.4, -0.2) is 51.5 Å². The molecule has 0 saturated carbocycles. The number of methoxy groups -OCH3 is 1. The zero-order valence-electron chi connectivity index (χ0n) is 17.3. The van der Waals surface area contributed by atoms with Crippen molar-refractivity contribution in [2.24, 2.45) is 4.99 Å². The molecule has 0 atom stereocenters. The number of ether oxygens (including phenoxy) is 3. The first kappa shape index (κ1) is 23.8. The number of fused-ring (bicyclic) bond motifs is 1. The zero-order chi connectivity index (χ0) is 19.2. The molecule has 0 spiro atoms. The molecule has 0 aromatic heterocycles. The number of halogens is 1. The Morgan fingerprint density at radius 2 is 1.78 bits per heavy atom. The predicted molar refractivity (Wildman–Crippen MR) is 121 cm³/mol. The lowest BCUT2D eigenvalue weighted by Gasteiger charge is -2.29.